The Morgan fingerprint density at radius 1 is 0.967 bits per heavy atom. The van der Waals surface area contributed by atoms with Crippen LogP contribution in [0.3, 0.4) is 0 Å². The lowest BCUT2D eigenvalue weighted by atomic mass is 10.0. The quantitative estimate of drug-likeness (QED) is 0.138. The molecule has 4 amide bonds. The number of hydrogen-bond donors (Lipinski definition) is 7. The third kappa shape index (κ3) is 12.0. The first kappa shape index (κ1) is 27.3. The number of rotatable bonds is 15. The molecule has 10 N–H and O–H groups in total. The molecule has 0 rings (SSSR count). The van der Waals surface area contributed by atoms with Gasteiger partial charge in [0, 0.05) is 0 Å². The highest BCUT2D eigenvalue weighted by molar-refractivity contribution is 5.94. The number of carboxylic acids is 1. The smallest absolute Gasteiger partial charge is 0.326 e. The Morgan fingerprint density at radius 3 is 2.10 bits per heavy atom. The minimum absolute atomic E-state index is 0.138. The zero-order chi connectivity index (χ0) is 23.3. The summed E-state index contributed by atoms with van der Waals surface area (Å²) in [5, 5.41) is 16.1. The standard InChI is InChI=1S/C18H34N6O6/c1-10(2)7-11(20)16(27)22-9-15(26)23-13(8-14(21)25)17(28)24-12(18(29)30)5-3-4-6-19/h10-13H,3-9,19-20H2,1-2H3,(H2,21,25)(H,22,27)(H,23,26)(H,24,28)(H,29,30). The number of carbonyl (C=O) groups is 5. The number of aliphatic carboxylic acids is 1. The summed E-state index contributed by atoms with van der Waals surface area (Å²) < 4.78 is 0. The average Bonchev–Trinajstić information content (AvgIpc) is 2.63. The Balaban J connectivity index is 4.87. The van der Waals surface area contributed by atoms with Crippen LogP contribution in [-0.2, 0) is 24.0 Å². The summed E-state index contributed by atoms with van der Waals surface area (Å²) in [7, 11) is 0. The van der Waals surface area contributed by atoms with E-state index < -0.39 is 60.7 Å². The van der Waals surface area contributed by atoms with Gasteiger partial charge in [-0.15, -0.1) is 0 Å². The monoisotopic (exact) mass is 430 g/mol. The Kier molecular flexibility index (Phi) is 13.0. The molecule has 0 spiro atoms. The fraction of sp³-hybridized carbons (Fsp3) is 0.722. The van der Waals surface area contributed by atoms with E-state index in [0.717, 1.165) is 0 Å². The number of nitrogens with one attached hydrogen (secondary N) is 3. The lowest BCUT2D eigenvalue weighted by Crippen LogP contribution is -2.54. The molecule has 3 atom stereocenters. The fourth-order valence-electron chi connectivity index (χ4n) is 2.59. The van der Waals surface area contributed by atoms with E-state index >= 15 is 0 Å². The number of primary amides is 1. The van der Waals surface area contributed by atoms with Crippen molar-refractivity contribution in [3.05, 3.63) is 0 Å². The molecule has 0 aliphatic carbocycles. The molecule has 0 aliphatic rings. The molecule has 0 fully saturated rings. The van der Waals surface area contributed by atoms with Crippen molar-refractivity contribution in [3.63, 3.8) is 0 Å². The molecule has 0 radical (unpaired) electrons. The molecule has 30 heavy (non-hydrogen) atoms. The molecule has 0 aliphatic heterocycles. The van der Waals surface area contributed by atoms with Crippen molar-refractivity contribution in [2.24, 2.45) is 23.1 Å². The molecule has 12 nitrogen and oxygen atoms in total. The van der Waals surface area contributed by atoms with Crippen LogP contribution in [0.15, 0.2) is 0 Å². The van der Waals surface area contributed by atoms with Crippen molar-refractivity contribution in [1.82, 2.24) is 16.0 Å². The summed E-state index contributed by atoms with van der Waals surface area (Å²) in [4.78, 5) is 59.0. The van der Waals surface area contributed by atoms with E-state index in [2.05, 4.69) is 16.0 Å². The van der Waals surface area contributed by atoms with Crippen LogP contribution in [-0.4, -0.2) is 65.9 Å². The van der Waals surface area contributed by atoms with Gasteiger partial charge in [0.15, 0.2) is 0 Å². The van der Waals surface area contributed by atoms with Crippen molar-refractivity contribution in [2.75, 3.05) is 13.1 Å². The maximum absolute atomic E-state index is 12.4. The Hall–Kier alpha value is -2.73. The summed E-state index contributed by atoms with van der Waals surface area (Å²) in [6, 6.07) is -3.37. The minimum Gasteiger partial charge on any atom is -0.480 e. The maximum atomic E-state index is 12.4. The Morgan fingerprint density at radius 2 is 1.60 bits per heavy atom. The summed E-state index contributed by atoms with van der Waals surface area (Å²) in [5.74, 6) is -4.08. The van der Waals surface area contributed by atoms with Gasteiger partial charge in [0.2, 0.25) is 23.6 Å². The molecular weight excluding hydrogens is 396 g/mol. The largest absolute Gasteiger partial charge is 0.480 e. The zero-order valence-corrected chi connectivity index (χ0v) is 17.5. The maximum Gasteiger partial charge on any atom is 0.326 e. The van der Waals surface area contributed by atoms with Crippen LogP contribution in [0.5, 0.6) is 0 Å². The van der Waals surface area contributed by atoms with Gasteiger partial charge < -0.3 is 38.3 Å². The van der Waals surface area contributed by atoms with E-state index in [1.807, 2.05) is 13.8 Å². The van der Waals surface area contributed by atoms with E-state index in [9.17, 15) is 29.1 Å². The minimum atomic E-state index is -1.38. The van der Waals surface area contributed by atoms with Gasteiger partial charge in [0.1, 0.15) is 12.1 Å². The second-order valence-electron chi connectivity index (χ2n) is 7.43. The van der Waals surface area contributed by atoms with Gasteiger partial charge in [-0.2, -0.15) is 0 Å². The predicted molar refractivity (Wildman–Crippen MR) is 109 cm³/mol. The summed E-state index contributed by atoms with van der Waals surface area (Å²) in [6.45, 7) is 3.71. The summed E-state index contributed by atoms with van der Waals surface area (Å²) in [5.41, 5.74) is 16.2. The lowest BCUT2D eigenvalue weighted by Gasteiger charge is -2.21. The highest BCUT2D eigenvalue weighted by Gasteiger charge is 2.27. The summed E-state index contributed by atoms with van der Waals surface area (Å²) >= 11 is 0. The second-order valence-corrected chi connectivity index (χ2v) is 7.43. The van der Waals surface area contributed by atoms with Gasteiger partial charge in [-0.05, 0) is 38.1 Å². The van der Waals surface area contributed by atoms with Crippen molar-refractivity contribution < 1.29 is 29.1 Å². The van der Waals surface area contributed by atoms with Crippen LogP contribution in [0.4, 0.5) is 0 Å². The normalized spacial score (nSPS) is 13.8. The predicted octanol–water partition coefficient (Wildman–Crippen LogP) is -2.47. The van der Waals surface area contributed by atoms with Gasteiger partial charge in [-0.25, -0.2) is 4.79 Å². The molecule has 0 aromatic rings. The molecule has 0 saturated heterocycles. The van der Waals surface area contributed by atoms with Crippen molar-refractivity contribution in [2.45, 2.75) is 64.1 Å². The molecular formula is C18H34N6O6. The van der Waals surface area contributed by atoms with E-state index in [1.165, 1.54) is 0 Å². The lowest BCUT2D eigenvalue weighted by molar-refractivity contribution is -0.142. The molecule has 0 saturated carbocycles. The topological polar surface area (TPSA) is 220 Å². The van der Waals surface area contributed by atoms with Crippen molar-refractivity contribution >= 4 is 29.6 Å². The van der Waals surface area contributed by atoms with Crippen LogP contribution >= 0.6 is 0 Å². The van der Waals surface area contributed by atoms with Crippen molar-refractivity contribution in [3.8, 4) is 0 Å². The van der Waals surface area contributed by atoms with Gasteiger partial charge in [-0.1, -0.05) is 13.8 Å². The van der Waals surface area contributed by atoms with Crippen LogP contribution in [0.2, 0.25) is 0 Å². The van der Waals surface area contributed by atoms with Crippen LogP contribution in [0.1, 0.15) is 46.0 Å². The molecule has 0 aromatic carbocycles. The van der Waals surface area contributed by atoms with E-state index in [1.54, 1.807) is 0 Å². The number of carbonyl (C=O) groups excluding carboxylic acids is 4. The fourth-order valence-corrected chi connectivity index (χ4v) is 2.59. The molecule has 0 bridgehead atoms. The number of carboxylic acid groups (broad SMARTS) is 1. The van der Waals surface area contributed by atoms with Crippen LogP contribution in [0, 0.1) is 5.92 Å². The Labute approximate surface area is 175 Å². The molecule has 0 aromatic heterocycles. The highest BCUT2D eigenvalue weighted by Crippen LogP contribution is 2.03. The number of nitrogens with two attached hydrogens (primary N) is 3. The van der Waals surface area contributed by atoms with Gasteiger partial charge in [0.25, 0.3) is 0 Å². The Bertz CT molecular complexity index is 612. The zero-order valence-electron chi connectivity index (χ0n) is 17.5. The SMILES string of the molecule is CC(C)CC(N)C(=O)NCC(=O)NC(CC(N)=O)C(=O)NC(CCCCN)C(=O)O. The first-order valence-electron chi connectivity index (χ1n) is 9.82. The molecule has 12 heteroatoms. The first-order chi connectivity index (χ1) is 14.0. The number of amides is 4. The van der Waals surface area contributed by atoms with Gasteiger partial charge >= 0.3 is 5.97 Å². The third-order valence-corrected chi connectivity index (χ3v) is 4.10. The molecule has 0 heterocycles. The first-order valence-corrected chi connectivity index (χ1v) is 9.82. The highest BCUT2D eigenvalue weighted by atomic mass is 16.4. The van der Waals surface area contributed by atoms with Crippen LogP contribution < -0.4 is 33.2 Å². The number of hydrogen-bond acceptors (Lipinski definition) is 7. The van der Waals surface area contributed by atoms with Crippen molar-refractivity contribution in [1.29, 1.82) is 0 Å². The van der Waals surface area contributed by atoms with E-state index in [4.69, 9.17) is 17.2 Å². The summed E-state index contributed by atoms with van der Waals surface area (Å²) in [6.07, 6.45) is 1.09. The van der Waals surface area contributed by atoms with Gasteiger partial charge in [0.05, 0.1) is 19.0 Å². The van der Waals surface area contributed by atoms with E-state index in [-0.39, 0.29) is 12.3 Å². The number of unbranched alkanes of at least 4 members (excludes halogenated alkanes) is 1. The molecule has 172 valence electrons. The second kappa shape index (κ2) is 14.3. The average molecular weight is 431 g/mol. The third-order valence-electron chi connectivity index (χ3n) is 4.10. The van der Waals surface area contributed by atoms with E-state index in [0.29, 0.717) is 25.8 Å². The van der Waals surface area contributed by atoms with Gasteiger partial charge in [-0.3, -0.25) is 19.2 Å². The van der Waals surface area contributed by atoms with Crippen LogP contribution in [0.25, 0.3) is 0 Å². The molecule has 3 unspecified atom stereocenters.